The van der Waals surface area contributed by atoms with Gasteiger partial charge in [-0.2, -0.15) is 0 Å². The maximum absolute atomic E-state index is 13.1. The Bertz CT molecular complexity index is 1540. The van der Waals surface area contributed by atoms with Crippen molar-refractivity contribution in [3.05, 3.63) is 85.4 Å². The first-order valence-corrected chi connectivity index (χ1v) is 10.6. The second-order valence-electron chi connectivity index (χ2n) is 7.11. The summed E-state index contributed by atoms with van der Waals surface area (Å²) in [6.07, 6.45) is 1.94. The van der Waals surface area contributed by atoms with Gasteiger partial charge in [-0.1, -0.05) is 35.1 Å². The van der Waals surface area contributed by atoms with E-state index in [1.165, 1.54) is 11.3 Å². The Balaban J connectivity index is 1.71. The van der Waals surface area contributed by atoms with E-state index < -0.39 is 0 Å². The number of hydrogen-bond acceptors (Lipinski definition) is 4. The number of aryl methyl sites for hydroxylation is 1. The van der Waals surface area contributed by atoms with E-state index in [0.717, 1.165) is 39.4 Å². The number of imidazole rings is 1. The molecule has 3 aromatic heterocycles. The molecular formula is C23H18ClN3O2S. The fourth-order valence-corrected chi connectivity index (χ4v) is 5.04. The predicted octanol–water partition coefficient (Wildman–Crippen LogP) is 4.53. The average Bonchev–Trinajstić information content (AvgIpc) is 3.33. The molecular weight excluding hydrogens is 418 g/mol. The number of hydrogen-bond donors (Lipinski definition) is 0. The van der Waals surface area contributed by atoms with Gasteiger partial charge < -0.3 is 9.30 Å². The minimum atomic E-state index is -0.0474. The van der Waals surface area contributed by atoms with Crippen LogP contribution in [0.4, 0.5) is 0 Å². The van der Waals surface area contributed by atoms with Gasteiger partial charge >= 0.3 is 0 Å². The van der Waals surface area contributed by atoms with Crippen LogP contribution in [0.15, 0.2) is 53.3 Å². The lowest BCUT2D eigenvalue weighted by molar-refractivity contribution is 0.412. The number of halogens is 1. The van der Waals surface area contributed by atoms with Crippen molar-refractivity contribution in [1.82, 2.24) is 14.0 Å². The van der Waals surface area contributed by atoms with Crippen LogP contribution in [0, 0.1) is 13.8 Å². The Labute approximate surface area is 181 Å². The lowest BCUT2D eigenvalue weighted by Gasteiger charge is -2.14. The van der Waals surface area contributed by atoms with Crippen molar-refractivity contribution in [3.8, 4) is 11.4 Å². The molecule has 5 rings (SSSR count). The van der Waals surface area contributed by atoms with Crippen molar-refractivity contribution in [2.24, 2.45) is 0 Å². The fourth-order valence-electron chi connectivity index (χ4n) is 3.90. The zero-order valence-corrected chi connectivity index (χ0v) is 18.2. The minimum absolute atomic E-state index is 0.0474. The average molecular weight is 436 g/mol. The van der Waals surface area contributed by atoms with Crippen LogP contribution in [0.25, 0.3) is 27.8 Å². The summed E-state index contributed by atoms with van der Waals surface area (Å²) in [5, 5.41) is 0.636. The molecule has 0 saturated carbocycles. The lowest BCUT2D eigenvalue weighted by Crippen LogP contribution is -2.22. The zero-order valence-electron chi connectivity index (χ0n) is 16.6. The first kappa shape index (κ1) is 18.9. The molecule has 0 aliphatic rings. The van der Waals surface area contributed by atoms with Gasteiger partial charge in [-0.05, 0) is 61.9 Å². The molecule has 0 amide bonds. The minimum Gasteiger partial charge on any atom is -0.495 e. The number of benzene rings is 2. The molecule has 30 heavy (non-hydrogen) atoms. The van der Waals surface area contributed by atoms with Crippen LogP contribution < -0.4 is 14.8 Å². The number of fused-ring (bicyclic) bond motifs is 3. The van der Waals surface area contributed by atoms with Crippen molar-refractivity contribution < 1.29 is 4.74 Å². The molecule has 0 bridgehead atoms. The van der Waals surface area contributed by atoms with E-state index in [9.17, 15) is 4.79 Å². The van der Waals surface area contributed by atoms with E-state index in [1.807, 2.05) is 56.3 Å². The van der Waals surface area contributed by atoms with Gasteiger partial charge in [0.05, 0.1) is 28.4 Å². The van der Waals surface area contributed by atoms with Gasteiger partial charge in [0, 0.05) is 16.4 Å². The molecule has 0 fully saturated rings. The third-order valence-corrected chi connectivity index (χ3v) is 6.49. The zero-order chi connectivity index (χ0) is 21.0. The summed E-state index contributed by atoms with van der Waals surface area (Å²) < 4.78 is 9.96. The smallest absolute Gasteiger partial charge is 0.274 e. The third kappa shape index (κ3) is 2.83. The Kier molecular flexibility index (Phi) is 4.41. The molecule has 0 N–H and O–H groups in total. The summed E-state index contributed by atoms with van der Waals surface area (Å²) in [6, 6.07) is 15.3. The van der Waals surface area contributed by atoms with Crippen molar-refractivity contribution in [1.29, 1.82) is 0 Å². The number of para-hydroxylation sites is 2. The van der Waals surface area contributed by atoms with E-state index in [4.69, 9.17) is 16.3 Å². The molecule has 5 nitrogen and oxygen atoms in total. The van der Waals surface area contributed by atoms with Crippen LogP contribution in [-0.4, -0.2) is 21.1 Å². The van der Waals surface area contributed by atoms with Crippen molar-refractivity contribution >= 4 is 45.0 Å². The third-order valence-electron chi connectivity index (χ3n) is 5.28. The van der Waals surface area contributed by atoms with Gasteiger partial charge in [-0.3, -0.25) is 4.79 Å². The monoisotopic (exact) mass is 435 g/mol. The maximum Gasteiger partial charge on any atom is 0.274 e. The van der Waals surface area contributed by atoms with Gasteiger partial charge in [-0.15, -0.1) is 0 Å². The standard InChI is InChI=1S/C23H18ClN3O2S/c1-13-10-15(14(2)26(13)19-12-16(24)8-9-20(19)29-3)11-21-22(28)27-18-7-5-4-6-17(18)25-23(27)30-21/h4-12H,1-3H3/b21-11-. The molecule has 2 aromatic carbocycles. The molecule has 7 heteroatoms. The van der Waals surface area contributed by atoms with Crippen LogP contribution in [0.3, 0.4) is 0 Å². The topological polar surface area (TPSA) is 48.5 Å². The summed E-state index contributed by atoms with van der Waals surface area (Å²) in [7, 11) is 1.64. The van der Waals surface area contributed by atoms with Gasteiger partial charge in [0.2, 0.25) is 0 Å². The summed E-state index contributed by atoms with van der Waals surface area (Å²) in [4.78, 5) is 18.4. The number of nitrogens with zero attached hydrogens (tertiary/aromatic N) is 3. The summed E-state index contributed by atoms with van der Waals surface area (Å²) in [5.74, 6) is 0.735. The SMILES string of the molecule is COc1ccc(Cl)cc1-n1c(C)cc(/C=c2\sc3nc4ccccc4n3c2=O)c1C. The lowest BCUT2D eigenvalue weighted by atomic mass is 10.2. The molecule has 0 radical (unpaired) electrons. The highest BCUT2D eigenvalue weighted by Gasteiger charge is 2.15. The molecule has 0 aliphatic carbocycles. The van der Waals surface area contributed by atoms with E-state index >= 15 is 0 Å². The molecule has 3 heterocycles. The second kappa shape index (κ2) is 7.00. The van der Waals surface area contributed by atoms with Gasteiger partial charge in [0.15, 0.2) is 4.96 Å². The van der Waals surface area contributed by atoms with Crippen LogP contribution in [-0.2, 0) is 0 Å². The van der Waals surface area contributed by atoms with Gasteiger partial charge in [0.25, 0.3) is 5.56 Å². The van der Waals surface area contributed by atoms with Crippen LogP contribution in [0.1, 0.15) is 17.0 Å². The molecule has 5 aromatic rings. The van der Waals surface area contributed by atoms with Crippen molar-refractivity contribution in [3.63, 3.8) is 0 Å². The van der Waals surface area contributed by atoms with Crippen LogP contribution in [0.2, 0.25) is 5.02 Å². The first-order valence-electron chi connectivity index (χ1n) is 9.42. The number of ether oxygens (including phenoxy) is 1. The maximum atomic E-state index is 13.1. The highest BCUT2D eigenvalue weighted by atomic mass is 35.5. The molecule has 0 saturated heterocycles. The molecule has 0 unspecified atom stereocenters. The summed E-state index contributed by atoms with van der Waals surface area (Å²) in [5.41, 5.74) is 5.49. The molecule has 0 aliphatic heterocycles. The number of aromatic nitrogens is 3. The van der Waals surface area contributed by atoms with Gasteiger partial charge in [0.1, 0.15) is 5.75 Å². The Morgan fingerprint density at radius 2 is 1.93 bits per heavy atom. The second-order valence-corrected chi connectivity index (χ2v) is 8.56. The number of rotatable bonds is 3. The Morgan fingerprint density at radius 1 is 1.13 bits per heavy atom. The predicted molar refractivity (Wildman–Crippen MR) is 122 cm³/mol. The van der Waals surface area contributed by atoms with Crippen molar-refractivity contribution in [2.75, 3.05) is 7.11 Å². The van der Waals surface area contributed by atoms with E-state index in [0.29, 0.717) is 14.5 Å². The molecule has 0 atom stereocenters. The first-order chi connectivity index (χ1) is 14.5. The number of methoxy groups -OCH3 is 1. The van der Waals surface area contributed by atoms with Crippen LogP contribution >= 0.6 is 22.9 Å². The van der Waals surface area contributed by atoms with Gasteiger partial charge in [-0.25, -0.2) is 9.38 Å². The largest absolute Gasteiger partial charge is 0.495 e. The van der Waals surface area contributed by atoms with E-state index in [2.05, 4.69) is 15.6 Å². The quantitative estimate of drug-likeness (QED) is 0.418. The summed E-state index contributed by atoms with van der Waals surface area (Å²) >= 11 is 7.64. The van der Waals surface area contributed by atoms with E-state index in [1.54, 1.807) is 17.6 Å². The van der Waals surface area contributed by atoms with E-state index in [-0.39, 0.29) is 5.56 Å². The van der Waals surface area contributed by atoms with Crippen molar-refractivity contribution in [2.45, 2.75) is 13.8 Å². The molecule has 150 valence electrons. The summed E-state index contributed by atoms with van der Waals surface area (Å²) in [6.45, 7) is 4.05. The highest BCUT2D eigenvalue weighted by molar-refractivity contribution is 7.15. The normalized spacial score (nSPS) is 12.3. The fraction of sp³-hybridized carbons (Fsp3) is 0.130. The molecule has 0 spiro atoms. The Hall–Kier alpha value is -3.09. The highest BCUT2D eigenvalue weighted by Crippen LogP contribution is 2.31. The Morgan fingerprint density at radius 3 is 2.73 bits per heavy atom. The number of thiazole rings is 1. The van der Waals surface area contributed by atoms with Crippen LogP contribution in [0.5, 0.6) is 5.75 Å².